The third kappa shape index (κ3) is 4.74. The van der Waals surface area contributed by atoms with E-state index in [1.807, 2.05) is 0 Å². The number of carbonyl (C=O) groups is 1. The van der Waals surface area contributed by atoms with Gasteiger partial charge in [0.25, 0.3) is 5.91 Å². The summed E-state index contributed by atoms with van der Waals surface area (Å²) in [5.41, 5.74) is 1.03. The predicted octanol–water partition coefficient (Wildman–Crippen LogP) is 2.51. The molecule has 1 aromatic carbocycles. The van der Waals surface area contributed by atoms with Crippen molar-refractivity contribution in [1.29, 1.82) is 0 Å². The number of nitrogens with one attached hydrogen (secondary N) is 2. The van der Waals surface area contributed by atoms with Gasteiger partial charge in [-0.3, -0.25) is 9.52 Å². The van der Waals surface area contributed by atoms with E-state index in [4.69, 9.17) is 0 Å². The zero-order valence-corrected chi connectivity index (χ0v) is 13.1. The second-order valence-corrected chi connectivity index (χ2v) is 7.40. The van der Waals surface area contributed by atoms with Gasteiger partial charge in [-0.2, -0.15) is 0 Å². The van der Waals surface area contributed by atoms with Gasteiger partial charge in [0.05, 0.1) is 5.75 Å². The van der Waals surface area contributed by atoms with Crippen LogP contribution in [0.3, 0.4) is 0 Å². The van der Waals surface area contributed by atoms with Crippen LogP contribution in [0.4, 0.5) is 5.69 Å². The van der Waals surface area contributed by atoms with E-state index in [2.05, 4.69) is 10.0 Å². The van der Waals surface area contributed by atoms with Gasteiger partial charge in [-0.05, 0) is 44.0 Å². The summed E-state index contributed by atoms with van der Waals surface area (Å²) >= 11 is 0. The van der Waals surface area contributed by atoms with Crippen LogP contribution < -0.4 is 10.0 Å². The Hall–Kier alpha value is -1.56. The SMILES string of the molecule is CCS(=O)(=O)Nc1ccc(C(=O)NC2CCCCC2)cc1. The van der Waals surface area contributed by atoms with Crippen LogP contribution in [0.5, 0.6) is 0 Å². The van der Waals surface area contributed by atoms with Crippen molar-refractivity contribution < 1.29 is 13.2 Å². The molecule has 0 aromatic heterocycles. The lowest BCUT2D eigenvalue weighted by atomic mass is 9.95. The molecule has 0 atom stereocenters. The zero-order chi connectivity index (χ0) is 15.3. The molecule has 0 bridgehead atoms. The molecule has 0 unspecified atom stereocenters. The average molecular weight is 310 g/mol. The van der Waals surface area contributed by atoms with E-state index in [1.165, 1.54) is 19.3 Å². The molecule has 116 valence electrons. The molecular formula is C15H22N2O3S. The summed E-state index contributed by atoms with van der Waals surface area (Å²) in [4.78, 5) is 12.1. The van der Waals surface area contributed by atoms with Gasteiger partial charge < -0.3 is 5.32 Å². The molecule has 0 heterocycles. The summed E-state index contributed by atoms with van der Waals surface area (Å²) < 4.78 is 25.4. The van der Waals surface area contributed by atoms with Crippen LogP contribution in [0.2, 0.25) is 0 Å². The predicted molar refractivity (Wildman–Crippen MR) is 83.9 cm³/mol. The monoisotopic (exact) mass is 310 g/mol. The Morgan fingerprint density at radius 1 is 1.14 bits per heavy atom. The maximum atomic E-state index is 12.1. The van der Waals surface area contributed by atoms with E-state index in [0.29, 0.717) is 11.3 Å². The van der Waals surface area contributed by atoms with E-state index in [9.17, 15) is 13.2 Å². The molecule has 1 aliphatic rings. The molecule has 1 saturated carbocycles. The van der Waals surface area contributed by atoms with Crippen LogP contribution in [0.15, 0.2) is 24.3 Å². The zero-order valence-electron chi connectivity index (χ0n) is 12.3. The lowest BCUT2D eigenvalue weighted by Gasteiger charge is -2.22. The first-order chi connectivity index (χ1) is 10.00. The number of benzene rings is 1. The summed E-state index contributed by atoms with van der Waals surface area (Å²) in [7, 11) is -3.28. The Balaban J connectivity index is 1.96. The second kappa shape index (κ2) is 6.93. The van der Waals surface area contributed by atoms with Gasteiger partial charge in [0.1, 0.15) is 0 Å². The number of rotatable bonds is 5. The van der Waals surface area contributed by atoms with Crippen LogP contribution in [0, 0.1) is 0 Å². The van der Waals surface area contributed by atoms with Crippen molar-refractivity contribution in [3.8, 4) is 0 Å². The Bertz CT molecular complexity index is 575. The highest BCUT2D eigenvalue weighted by atomic mass is 32.2. The summed E-state index contributed by atoms with van der Waals surface area (Å²) in [5, 5.41) is 3.04. The van der Waals surface area contributed by atoms with Gasteiger partial charge in [0, 0.05) is 17.3 Å². The van der Waals surface area contributed by atoms with Crippen molar-refractivity contribution >= 4 is 21.6 Å². The molecule has 5 nitrogen and oxygen atoms in total. The Morgan fingerprint density at radius 2 is 1.76 bits per heavy atom. The number of anilines is 1. The first-order valence-corrected chi connectivity index (χ1v) is 9.07. The fourth-order valence-corrected chi connectivity index (χ4v) is 3.10. The van der Waals surface area contributed by atoms with Gasteiger partial charge in [-0.1, -0.05) is 19.3 Å². The number of hydrogen-bond acceptors (Lipinski definition) is 3. The molecule has 21 heavy (non-hydrogen) atoms. The van der Waals surface area contributed by atoms with E-state index < -0.39 is 10.0 Å². The van der Waals surface area contributed by atoms with Gasteiger partial charge in [-0.25, -0.2) is 8.42 Å². The molecule has 6 heteroatoms. The van der Waals surface area contributed by atoms with Crippen LogP contribution in [0.1, 0.15) is 49.4 Å². The van der Waals surface area contributed by atoms with Crippen LogP contribution in [-0.2, 0) is 10.0 Å². The van der Waals surface area contributed by atoms with Gasteiger partial charge >= 0.3 is 0 Å². The van der Waals surface area contributed by atoms with Crippen molar-refractivity contribution in [2.75, 3.05) is 10.5 Å². The van der Waals surface area contributed by atoms with Crippen molar-refractivity contribution in [3.05, 3.63) is 29.8 Å². The van der Waals surface area contributed by atoms with Gasteiger partial charge in [-0.15, -0.1) is 0 Å². The van der Waals surface area contributed by atoms with E-state index in [0.717, 1.165) is 12.8 Å². The molecule has 1 aromatic rings. The molecular weight excluding hydrogens is 288 g/mol. The number of hydrogen-bond donors (Lipinski definition) is 2. The van der Waals surface area contributed by atoms with E-state index >= 15 is 0 Å². The summed E-state index contributed by atoms with van der Waals surface area (Å²) in [6.45, 7) is 1.58. The maximum Gasteiger partial charge on any atom is 0.251 e. The minimum absolute atomic E-state index is 0.0247. The standard InChI is InChI=1S/C15H22N2O3S/c1-2-21(19,20)17-14-10-8-12(9-11-14)15(18)16-13-6-4-3-5-7-13/h8-11,13,17H,2-7H2,1H3,(H,16,18). The normalized spacial score (nSPS) is 16.4. The molecule has 1 aliphatic carbocycles. The lowest BCUT2D eigenvalue weighted by molar-refractivity contribution is 0.0927. The molecule has 0 spiro atoms. The minimum atomic E-state index is -3.28. The fourth-order valence-electron chi connectivity index (χ4n) is 2.46. The Morgan fingerprint density at radius 3 is 2.33 bits per heavy atom. The highest BCUT2D eigenvalue weighted by molar-refractivity contribution is 7.92. The summed E-state index contributed by atoms with van der Waals surface area (Å²) in [6, 6.07) is 6.79. The maximum absolute atomic E-state index is 12.1. The van der Waals surface area contributed by atoms with Crippen LogP contribution >= 0.6 is 0 Å². The molecule has 1 amide bonds. The second-order valence-electron chi connectivity index (χ2n) is 5.39. The highest BCUT2D eigenvalue weighted by Crippen LogP contribution is 2.18. The number of sulfonamides is 1. The largest absolute Gasteiger partial charge is 0.349 e. The van der Waals surface area contributed by atoms with Crippen molar-refractivity contribution in [3.63, 3.8) is 0 Å². The van der Waals surface area contributed by atoms with Gasteiger partial charge in [0.15, 0.2) is 0 Å². The average Bonchev–Trinajstić information content (AvgIpc) is 2.48. The van der Waals surface area contributed by atoms with Crippen molar-refractivity contribution in [2.45, 2.75) is 45.1 Å². The van der Waals surface area contributed by atoms with E-state index in [-0.39, 0.29) is 17.7 Å². The summed E-state index contributed by atoms with van der Waals surface area (Å²) in [6.07, 6.45) is 5.67. The first-order valence-electron chi connectivity index (χ1n) is 7.41. The molecule has 1 fully saturated rings. The van der Waals surface area contributed by atoms with E-state index in [1.54, 1.807) is 31.2 Å². The van der Waals surface area contributed by atoms with Gasteiger partial charge in [0.2, 0.25) is 10.0 Å². The lowest BCUT2D eigenvalue weighted by Crippen LogP contribution is -2.36. The smallest absolute Gasteiger partial charge is 0.251 e. The molecule has 0 aliphatic heterocycles. The fraction of sp³-hybridized carbons (Fsp3) is 0.533. The highest BCUT2D eigenvalue weighted by Gasteiger charge is 2.16. The summed E-state index contributed by atoms with van der Waals surface area (Å²) in [5.74, 6) is -0.0662. The molecule has 0 radical (unpaired) electrons. The minimum Gasteiger partial charge on any atom is -0.349 e. The third-order valence-corrected chi connectivity index (χ3v) is 5.05. The topological polar surface area (TPSA) is 75.3 Å². The third-order valence-electron chi connectivity index (χ3n) is 3.74. The molecule has 0 saturated heterocycles. The quantitative estimate of drug-likeness (QED) is 0.877. The Kier molecular flexibility index (Phi) is 5.22. The molecule has 2 N–H and O–H groups in total. The molecule has 2 rings (SSSR count). The Labute approximate surface area is 126 Å². The van der Waals surface area contributed by atoms with Crippen molar-refractivity contribution in [1.82, 2.24) is 5.32 Å². The van der Waals surface area contributed by atoms with Crippen molar-refractivity contribution in [2.24, 2.45) is 0 Å². The first kappa shape index (κ1) is 15.8. The van der Waals surface area contributed by atoms with Crippen LogP contribution in [0.25, 0.3) is 0 Å². The number of carbonyl (C=O) groups excluding carboxylic acids is 1. The van der Waals surface area contributed by atoms with Crippen LogP contribution in [-0.4, -0.2) is 26.1 Å². The number of amides is 1.